The number of aliphatic hydroxyl groups is 1. The summed E-state index contributed by atoms with van der Waals surface area (Å²) < 4.78 is 0.713. The lowest BCUT2D eigenvalue weighted by atomic mass is 10.1. The van der Waals surface area contributed by atoms with E-state index in [4.69, 9.17) is 0 Å². The Labute approximate surface area is 125 Å². The van der Waals surface area contributed by atoms with Crippen molar-refractivity contribution in [3.05, 3.63) is 12.2 Å². The van der Waals surface area contributed by atoms with Gasteiger partial charge in [-0.2, -0.15) is 0 Å². The first kappa shape index (κ1) is 17.4. The van der Waals surface area contributed by atoms with E-state index in [9.17, 15) is 5.11 Å². The van der Waals surface area contributed by atoms with Crippen LogP contribution >= 0.6 is 0 Å². The van der Waals surface area contributed by atoms with E-state index in [2.05, 4.69) is 31.0 Å². The maximum atomic E-state index is 10.1. The molecule has 0 aliphatic carbocycles. The number of aliphatic hydroxyl groups excluding tert-OH is 1. The van der Waals surface area contributed by atoms with Crippen LogP contribution in [-0.2, 0) is 0 Å². The summed E-state index contributed by atoms with van der Waals surface area (Å²) in [6.45, 7) is 8.12. The molecule has 0 fully saturated rings. The number of rotatable bonds is 10. The third-order valence-electron chi connectivity index (χ3n) is 4.61. The minimum absolute atomic E-state index is 0.241. The van der Waals surface area contributed by atoms with Gasteiger partial charge in [-0.05, 0) is 26.2 Å². The zero-order valence-electron chi connectivity index (χ0n) is 13.6. The first-order valence-corrected chi connectivity index (χ1v) is 8.38. The van der Waals surface area contributed by atoms with Gasteiger partial charge in [0.2, 0.25) is 0 Å². The lowest BCUT2D eigenvalue weighted by molar-refractivity contribution is -0.976. The van der Waals surface area contributed by atoms with Crippen LogP contribution in [0, 0.1) is 0 Å². The van der Waals surface area contributed by atoms with Gasteiger partial charge in [0.15, 0.2) is 12.4 Å². The van der Waals surface area contributed by atoms with E-state index in [0.717, 1.165) is 25.9 Å². The fourth-order valence-electron chi connectivity index (χ4n) is 3.08. The van der Waals surface area contributed by atoms with Crippen molar-refractivity contribution in [2.75, 3.05) is 13.1 Å². The lowest BCUT2D eigenvalue weighted by Gasteiger charge is -2.40. The van der Waals surface area contributed by atoms with Crippen LogP contribution in [0.25, 0.3) is 0 Å². The maximum Gasteiger partial charge on any atom is 0.189 e. The van der Waals surface area contributed by atoms with Gasteiger partial charge in [0, 0.05) is 13.3 Å². The first-order chi connectivity index (χ1) is 9.67. The molecule has 0 spiro atoms. The van der Waals surface area contributed by atoms with Crippen LogP contribution in [0.2, 0.25) is 0 Å². The molecule has 0 saturated carbocycles. The molecule has 0 aromatic rings. The standard InChI is InChI=1S/C17H33N2O/c1-4-6-7-8-9-10-11-12-13-17-18-14-15-19(17,5-2)16(3)20/h10-11,14,16-17,20H,4-9,12-13,15H2,1-3H3/q+1/b11-10+. The van der Waals surface area contributed by atoms with Gasteiger partial charge in [-0.1, -0.05) is 38.3 Å². The van der Waals surface area contributed by atoms with Gasteiger partial charge in [-0.25, -0.2) is 4.99 Å². The van der Waals surface area contributed by atoms with Crippen LogP contribution in [0.1, 0.15) is 65.7 Å². The third-order valence-corrected chi connectivity index (χ3v) is 4.61. The van der Waals surface area contributed by atoms with E-state index in [0.29, 0.717) is 4.48 Å². The van der Waals surface area contributed by atoms with Crippen LogP contribution in [0.5, 0.6) is 0 Å². The summed E-state index contributed by atoms with van der Waals surface area (Å²) in [7, 11) is 0. The molecular weight excluding hydrogens is 248 g/mol. The van der Waals surface area contributed by atoms with E-state index in [1.165, 1.54) is 32.1 Å². The number of nitrogens with zero attached hydrogens (tertiary/aromatic N) is 2. The van der Waals surface area contributed by atoms with Crippen molar-refractivity contribution in [3.8, 4) is 0 Å². The molecule has 1 aliphatic rings. The topological polar surface area (TPSA) is 32.6 Å². The van der Waals surface area contributed by atoms with Crippen LogP contribution in [0.3, 0.4) is 0 Å². The highest BCUT2D eigenvalue weighted by Crippen LogP contribution is 2.26. The number of hydrogen-bond donors (Lipinski definition) is 1. The van der Waals surface area contributed by atoms with Crippen molar-refractivity contribution < 1.29 is 9.59 Å². The minimum Gasteiger partial charge on any atom is -0.345 e. The molecule has 0 saturated heterocycles. The van der Waals surface area contributed by atoms with Gasteiger partial charge < -0.3 is 5.11 Å². The average Bonchev–Trinajstić information content (AvgIpc) is 2.86. The molecule has 20 heavy (non-hydrogen) atoms. The quantitative estimate of drug-likeness (QED) is 0.368. The van der Waals surface area contributed by atoms with E-state index < -0.39 is 0 Å². The fourth-order valence-corrected chi connectivity index (χ4v) is 3.08. The van der Waals surface area contributed by atoms with Crippen molar-refractivity contribution in [2.45, 2.75) is 78.1 Å². The normalized spacial score (nSPS) is 27.5. The van der Waals surface area contributed by atoms with Gasteiger partial charge in [0.05, 0.1) is 12.8 Å². The molecule has 0 aromatic carbocycles. The second-order valence-electron chi connectivity index (χ2n) is 5.94. The predicted octanol–water partition coefficient (Wildman–Crippen LogP) is 3.88. The number of unbranched alkanes of at least 4 members (excludes halogenated alkanes) is 4. The molecule has 3 nitrogen and oxygen atoms in total. The second-order valence-corrected chi connectivity index (χ2v) is 5.94. The zero-order chi connectivity index (χ0) is 14.8. The van der Waals surface area contributed by atoms with Crippen molar-refractivity contribution in [3.63, 3.8) is 0 Å². The van der Waals surface area contributed by atoms with Gasteiger partial charge >= 0.3 is 0 Å². The summed E-state index contributed by atoms with van der Waals surface area (Å²) >= 11 is 0. The highest BCUT2D eigenvalue weighted by atomic mass is 16.3. The number of aliphatic imine (C=N–C) groups is 1. The van der Waals surface area contributed by atoms with Crippen LogP contribution in [0.4, 0.5) is 0 Å². The summed E-state index contributed by atoms with van der Waals surface area (Å²) in [5, 5.41) is 10.1. The molecule has 1 aliphatic heterocycles. The molecule has 0 radical (unpaired) electrons. The van der Waals surface area contributed by atoms with Crippen molar-refractivity contribution >= 4 is 6.21 Å². The largest absolute Gasteiger partial charge is 0.345 e. The van der Waals surface area contributed by atoms with E-state index in [1.807, 2.05) is 13.1 Å². The van der Waals surface area contributed by atoms with Crippen molar-refractivity contribution in [2.24, 2.45) is 4.99 Å². The SMILES string of the molecule is CCCCCC/C=C/CCC1N=CC[N+]1(CC)C(C)O. The molecule has 116 valence electrons. The molecule has 1 heterocycles. The number of hydrogen-bond acceptors (Lipinski definition) is 2. The molecule has 0 bridgehead atoms. The summed E-state index contributed by atoms with van der Waals surface area (Å²) in [5.41, 5.74) is 0. The Kier molecular flexibility index (Phi) is 8.08. The molecule has 1 N–H and O–H groups in total. The third kappa shape index (κ3) is 4.71. The number of allylic oxidation sites excluding steroid dienone is 2. The Balaban J connectivity index is 2.27. The van der Waals surface area contributed by atoms with Crippen LogP contribution in [-0.4, -0.2) is 41.3 Å². The summed E-state index contributed by atoms with van der Waals surface area (Å²) in [6, 6.07) is 0. The molecule has 0 aromatic heterocycles. The van der Waals surface area contributed by atoms with Crippen molar-refractivity contribution in [1.29, 1.82) is 0 Å². The van der Waals surface area contributed by atoms with Gasteiger partial charge in [0.1, 0.15) is 6.54 Å². The Morgan fingerprint density at radius 1 is 1.25 bits per heavy atom. The summed E-state index contributed by atoms with van der Waals surface area (Å²) in [6.07, 6.45) is 15.2. The lowest BCUT2D eigenvalue weighted by Crippen LogP contribution is -2.57. The van der Waals surface area contributed by atoms with Gasteiger partial charge in [0.25, 0.3) is 0 Å². The summed E-state index contributed by atoms with van der Waals surface area (Å²) in [4.78, 5) is 4.59. The van der Waals surface area contributed by atoms with Crippen LogP contribution < -0.4 is 0 Å². The summed E-state index contributed by atoms with van der Waals surface area (Å²) in [5.74, 6) is 0. The van der Waals surface area contributed by atoms with E-state index in [1.54, 1.807) is 0 Å². The Morgan fingerprint density at radius 3 is 2.65 bits per heavy atom. The van der Waals surface area contributed by atoms with Gasteiger partial charge in [-0.15, -0.1) is 0 Å². The molecular formula is C17H33N2O+. The highest BCUT2D eigenvalue weighted by molar-refractivity contribution is 5.60. The number of quaternary nitrogens is 1. The molecule has 3 atom stereocenters. The predicted molar refractivity (Wildman–Crippen MR) is 86.8 cm³/mol. The highest BCUT2D eigenvalue weighted by Gasteiger charge is 2.41. The van der Waals surface area contributed by atoms with E-state index >= 15 is 0 Å². The maximum absolute atomic E-state index is 10.1. The average molecular weight is 281 g/mol. The Hall–Kier alpha value is -0.670. The minimum atomic E-state index is -0.328. The molecule has 0 amide bonds. The first-order valence-electron chi connectivity index (χ1n) is 8.38. The second kappa shape index (κ2) is 9.30. The molecule has 3 heteroatoms. The zero-order valence-corrected chi connectivity index (χ0v) is 13.6. The molecule has 3 unspecified atom stereocenters. The molecule has 1 rings (SSSR count). The van der Waals surface area contributed by atoms with Gasteiger partial charge in [-0.3, -0.25) is 4.48 Å². The fraction of sp³-hybridized carbons (Fsp3) is 0.824. The van der Waals surface area contributed by atoms with Crippen molar-refractivity contribution in [1.82, 2.24) is 0 Å². The Morgan fingerprint density at radius 2 is 2.00 bits per heavy atom. The van der Waals surface area contributed by atoms with Crippen LogP contribution in [0.15, 0.2) is 17.1 Å². The Bertz CT molecular complexity index is 312. The monoisotopic (exact) mass is 281 g/mol. The smallest absolute Gasteiger partial charge is 0.189 e. The van der Waals surface area contributed by atoms with E-state index in [-0.39, 0.29) is 12.4 Å².